The van der Waals surface area contributed by atoms with Crippen molar-refractivity contribution in [2.75, 3.05) is 5.75 Å². The first-order valence-corrected chi connectivity index (χ1v) is 4.63. The molecule has 1 aliphatic heterocycles. The van der Waals surface area contributed by atoms with Crippen LogP contribution < -0.4 is 0 Å². The van der Waals surface area contributed by atoms with Gasteiger partial charge >= 0.3 is 0 Å². The molecular weight excluding hydrogens is 168 g/mol. The van der Waals surface area contributed by atoms with Gasteiger partial charge in [-0.2, -0.15) is 8.42 Å². The van der Waals surface area contributed by atoms with Gasteiger partial charge in [0.05, 0.1) is 6.26 Å². The number of hydrogen-bond acceptors (Lipinski definition) is 3. The summed E-state index contributed by atoms with van der Waals surface area (Å²) < 4.78 is 33.9. The number of allylic oxidation sites excluding steroid dienone is 2. The van der Waals surface area contributed by atoms with Crippen LogP contribution in [0.2, 0.25) is 0 Å². The summed E-state index contributed by atoms with van der Waals surface area (Å²) in [5.74, 6) is -0.395. The molecular formula is C6H8O4S. The van der Waals surface area contributed by atoms with E-state index in [9.17, 15) is 8.42 Å². The van der Waals surface area contributed by atoms with Crippen LogP contribution in [0, 0.1) is 0 Å². The molecule has 0 aromatic carbocycles. The zero-order valence-electron chi connectivity index (χ0n) is 5.67. The monoisotopic (exact) mass is 176 g/mol. The van der Waals surface area contributed by atoms with Gasteiger partial charge in [-0.3, -0.25) is 4.55 Å². The van der Waals surface area contributed by atoms with Crippen LogP contribution in [0.1, 0.15) is 0 Å². The minimum absolute atomic E-state index is 0.395. The molecule has 1 aliphatic rings. The normalized spacial score (nSPS) is 23.2. The zero-order chi connectivity index (χ0) is 8.32. The Balaban J connectivity index is 2.52. The van der Waals surface area contributed by atoms with Gasteiger partial charge in [-0.15, -0.1) is 0 Å². The molecule has 4 nitrogen and oxygen atoms in total. The van der Waals surface area contributed by atoms with Crippen LogP contribution >= 0.6 is 0 Å². The highest BCUT2D eigenvalue weighted by molar-refractivity contribution is 7.85. The lowest BCUT2D eigenvalue weighted by molar-refractivity contribution is 0.200. The molecule has 0 aromatic heterocycles. The molecule has 0 aliphatic carbocycles. The van der Waals surface area contributed by atoms with E-state index in [1.807, 2.05) is 0 Å². The van der Waals surface area contributed by atoms with E-state index in [1.165, 1.54) is 6.26 Å². The second-order valence-electron chi connectivity index (χ2n) is 2.14. The third-order valence-electron chi connectivity index (χ3n) is 1.14. The maximum Gasteiger partial charge on any atom is 0.268 e. The molecule has 0 saturated carbocycles. The van der Waals surface area contributed by atoms with Crippen molar-refractivity contribution < 1.29 is 17.7 Å². The van der Waals surface area contributed by atoms with Gasteiger partial charge in [-0.1, -0.05) is 6.08 Å². The minimum atomic E-state index is -3.93. The second-order valence-corrected chi connectivity index (χ2v) is 3.63. The van der Waals surface area contributed by atoms with Crippen molar-refractivity contribution >= 4 is 10.1 Å². The quantitative estimate of drug-likeness (QED) is 0.616. The van der Waals surface area contributed by atoms with Crippen LogP contribution in [0.3, 0.4) is 0 Å². The van der Waals surface area contributed by atoms with Gasteiger partial charge in [0.1, 0.15) is 11.9 Å². The van der Waals surface area contributed by atoms with E-state index < -0.39 is 22.0 Å². The Kier molecular flexibility index (Phi) is 2.31. The van der Waals surface area contributed by atoms with E-state index in [-0.39, 0.29) is 0 Å². The molecule has 0 spiro atoms. The van der Waals surface area contributed by atoms with Crippen molar-refractivity contribution in [3.8, 4) is 0 Å². The van der Waals surface area contributed by atoms with Crippen molar-refractivity contribution in [2.24, 2.45) is 0 Å². The van der Waals surface area contributed by atoms with Crippen molar-refractivity contribution in [1.82, 2.24) is 0 Å². The molecule has 0 amide bonds. The molecule has 0 bridgehead atoms. The third kappa shape index (κ3) is 3.20. The van der Waals surface area contributed by atoms with E-state index in [1.54, 1.807) is 18.2 Å². The van der Waals surface area contributed by atoms with Crippen LogP contribution in [0.5, 0.6) is 0 Å². The molecule has 11 heavy (non-hydrogen) atoms. The summed E-state index contributed by atoms with van der Waals surface area (Å²) in [5, 5.41) is 0. The first-order chi connectivity index (χ1) is 5.08. The van der Waals surface area contributed by atoms with Gasteiger partial charge < -0.3 is 4.74 Å². The maximum absolute atomic E-state index is 10.3. The first-order valence-electron chi connectivity index (χ1n) is 3.02. The van der Waals surface area contributed by atoms with E-state index in [4.69, 9.17) is 9.29 Å². The van der Waals surface area contributed by atoms with E-state index in [0.717, 1.165) is 0 Å². The average Bonchev–Trinajstić information content (AvgIpc) is 1.85. The fourth-order valence-electron chi connectivity index (χ4n) is 0.728. The molecule has 0 fully saturated rings. The summed E-state index contributed by atoms with van der Waals surface area (Å²) >= 11 is 0. The van der Waals surface area contributed by atoms with Gasteiger partial charge in [0, 0.05) is 0 Å². The lowest BCUT2D eigenvalue weighted by Crippen LogP contribution is -2.20. The molecule has 0 radical (unpaired) electrons. The van der Waals surface area contributed by atoms with Crippen molar-refractivity contribution in [3.05, 3.63) is 24.5 Å². The minimum Gasteiger partial charge on any atom is -0.493 e. The van der Waals surface area contributed by atoms with Crippen LogP contribution in [0.15, 0.2) is 24.5 Å². The Morgan fingerprint density at radius 1 is 1.45 bits per heavy atom. The lowest BCUT2D eigenvalue weighted by atomic mass is 10.3. The highest BCUT2D eigenvalue weighted by Crippen LogP contribution is 2.04. The molecule has 0 saturated heterocycles. The Hall–Kier alpha value is -0.810. The Bertz CT molecular complexity index is 275. The van der Waals surface area contributed by atoms with Crippen molar-refractivity contribution in [3.63, 3.8) is 0 Å². The molecule has 1 atom stereocenters. The molecule has 5 heteroatoms. The van der Waals surface area contributed by atoms with Gasteiger partial charge in [-0.05, 0) is 12.2 Å². The van der Waals surface area contributed by atoms with Crippen LogP contribution in [-0.4, -0.2) is 24.8 Å². The SMILES string of the molecule is O=S(=O)(O)CC1C=CC=CO1. The highest BCUT2D eigenvalue weighted by atomic mass is 32.2. The van der Waals surface area contributed by atoms with Gasteiger partial charge in [0.2, 0.25) is 0 Å². The lowest BCUT2D eigenvalue weighted by Gasteiger charge is -2.12. The fourth-order valence-corrected chi connectivity index (χ4v) is 1.33. The molecule has 1 N–H and O–H groups in total. The number of hydrogen-bond donors (Lipinski definition) is 1. The van der Waals surface area contributed by atoms with Gasteiger partial charge in [-0.25, -0.2) is 0 Å². The van der Waals surface area contributed by atoms with E-state index >= 15 is 0 Å². The average molecular weight is 176 g/mol. The Labute approximate surface area is 64.9 Å². The van der Waals surface area contributed by atoms with Crippen molar-refractivity contribution in [2.45, 2.75) is 6.10 Å². The Morgan fingerprint density at radius 2 is 2.18 bits per heavy atom. The standard InChI is InChI=1S/C6H8O4S/c7-11(8,9)5-6-3-1-2-4-10-6/h1-4,6H,5H2,(H,7,8,9). The Morgan fingerprint density at radius 3 is 2.64 bits per heavy atom. The topological polar surface area (TPSA) is 63.6 Å². The summed E-state index contributed by atoms with van der Waals surface area (Å²) in [4.78, 5) is 0. The second kappa shape index (κ2) is 3.06. The molecule has 62 valence electrons. The summed E-state index contributed by atoms with van der Waals surface area (Å²) in [7, 11) is -3.93. The summed E-state index contributed by atoms with van der Waals surface area (Å²) in [5.41, 5.74) is 0. The maximum atomic E-state index is 10.3. The molecule has 1 heterocycles. The van der Waals surface area contributed by atoms with E-state index in [0.29, 0.717) is 0 Å². The highest BCUT2D eigenvalue weighted by Gasteiger charge is 2.14. The van der Waals surface area contributed by atoms with Crippen LogP contribution in [-0.2, 0) is 14.9 Å². The summed E-state index contributed by atoms with van der Waals surface area (Å²) in [6.07, 6.45) is 5.69. The third-order valence-corrected chi connectivity index (χ3v) is 1.89. The van der Waals surface area contributed by atoms with Crippen LogP contribution in [0.4, 0.5) is 0 Å². The summed E-state index contributed by atoms with van der Waals surface area (Å²) in [6, 6.07) is 0. The zero-order valence-corrected chi connectivity index (χ0v) is 6.49. The predicted molar refractivity (Wildman–Crippen MR) is 39.6 cm³/mol. The number of ether oxygens (including phenoxy) is 1. The van der Waals surface area contributed by atoms with Crippen LogP contribution in [0.25, 0.3) is 0 Å². The number of rotatable bonds is 2. The fraction of sp³-hybridized carbons (Fsp3) is 0.333. The largest absolute Gasteiger partial charge is 0.493 e. The van der Waals surface area contributed by atoms with E-state index in [2.05, 4.69) is 0 Å². The van der Waals surface area contributed by atoms with Crippen molar-refractivity contribution in [1.29, 1.82) is 0 Å². The molecule has 1 rings (SSSR count). The molecule has 0 aromatic rings. The predicted octanol–water partition coefficient (Wildman–Crippen LogP) is 0.343. The smallest absolute Gasteiger partial charge is 0.268 e. The summed E-state index contributed by atoms with van der Waals surface area (Å²) in [6.45, 7) is 0. The van der Waals surface area contributed by atoms with Gasteiger partial charge in [0.25, 0.3) is 10.1 Å². The van der Waals surface area contributed by atoms with Gasteiger partial charge in [0.15, 0.2) is 0 Å². The molecule has 1 unspecified atom stereocenters. The first kappa shape index (κ1) is 8.29.